The van der Waals surface area contributed by atoms with Crippen molar-refractivity contribution in [3.05, 3.63) is 32.5 Å². The van der Waals surface area contributed by atoms with E-state index in [2.05, 4.69) is 22.9 Å². The fraction of sp³-hybridized carbons (Fsp3) is 0.500. The van der Waals surface area contributed by atoms with Gasteiger partial charge in [-0.05, 0) is 58.3 Å². The van der Waals surface area contributed by atoms with Gasteiger partial charge in [0.25, 0.3) is 0 Å². The van der Waals surface area contributed by atoms with Gasteiger partial charge in [0.2, 0.25) is 0 Å². The minimum absolute atomic E-state index is 0.188. The van der Waals surface area contributed by atoms with E-state index in [-0.39, 0.29) is 11.2 Å². The lowest BCUT2D eigenvalue weighted by molar-refractivity contribution is 0.500. The molecule has 0 amide bonds. The second kappa shape index (κ2) is 4.83. The Balaban J connectivity index is 2.59. The summed E-state index contributed by atoms with van der Waals surface area (Å²) < 4.78 is 14.4. The largest absolute Gasteiger partial charge is 0.207 e. The molecule has 88 valence electrons. The van der Waals surface area contributed by atoms with Crippen LogP contribution in [0.25, 0.3) is 0 Å². The van der Waals surface area contributed by atoms with Gasteiger partial charge in [-0.25, -0.2) is 4.39 Å². The summed E-state index contributed by atoms with van der Waals surface area (Å²) >= 11 is 15.8. The van der Waals surface area contributed by atoms with Crippen molar-refractivity contribution in [1.82, 2.24) is 0 Å². The molecule has 0 bridgehead atoms. The summed E-state index contributed by atoms with van der Waals surface area (Å²) in [7, 11) is 0. The highest BCUT2D eigenvalue weighted by atomic mass is 79.9. The molecule has 1 aromatic rings. The van der Waals surface area contributed by atoms with E-state index in [1.54, 1.807) is 0 Å². The quantitative estimate of drug-likeness (QED) is 0.336. The van der Waals surface area contributed by atoms with Gasteiger partial charge in [0.1, 0.15) is 5.82 Å². The van der Waals surface area contributed by atoms with Gasteiger partial charge < -0.3 is 0 Å². The summed E-state index contributed by atoms with van der Waals surface area (Å²) in [5.41, 5.74) is 1.47. The number of hydrogen-bond acceptors (Lipinski definition) is 0. The maximum atomic E-state index is 13.8. The average Bonchev–Trinajstić information content (AvgIpc) is 2.34. The molecule has 0 aromatic heterocycles. The Morgan fingerprint density at radius 1 is 1.50 bits per heavy atom. The highest BCUT2D eigenvalue weighted by molar-refractivity contribution is 9.10. The molecular formula is C12H12BrCl2F. The third-order valence-electron chi connectivity index (χ3n) is 3.12. The molecule has 0 N–H and O–H groups in total. The lowest BCUT2D eigenvalue weighted by Crippen LogP contribution is -2.00. The Bertz CT molecular complexity index is 420. The number of halogens is 4. The highest BCUT2D eigenvalue weighted by Gasteiger charge is 2.26. The summed E-state index contributed by atoms with van der Waals surface area (Å²) in [5.74, 6) is 0.301. The Kier molecular flexibility index (Phi) is 3.82. The Morgan fingerprint density at radius 3 is 2.88 bits per heavy atom. The van der Waals surface area contributed by atoms with Gasteiger partial charge in [-0.2, -0.15) is 0 Å². The van der Waals surface area contributed by atoms with Crippen LogP contribution < -0.4 is 0 Å². The summed E-state index contributed by atoms with van der Waals surface area (Å²) in [6, 6.07) is 1.43. The Hall–Kier alpha value is 0.210. The second-order valence-electron chi connectivity index (χ2n) is 4.39. The predicted molar refractivity (Wildman–Crippen MR) is 69.8 cm³/mol. The smallest absolute Gasteiger partial charge is 0.127 e. The van der Waals surface area contributed by atoms with Gasteiger partial charge in [0, 0.05) is 4.47 Å². The van der Waals surface area contributed by atoms with E-state index in [0.717, 1.165) is 24.8 Å². The second-order valence-corrected chi connectivity index (χ2v) is 6.15. The monoisotopic (exact) mass is 324 g/mol. The molecular weight excluding hydrogens is 314 g/mol. The van der Waals surface area contributed by atoms with Crippen molar-refractivity contribution >= 4 is 39.1 Å². The van der Waals surface area contributed by atoms with E-state index >= 15 is 0 Å². The van der Waals surface area contributed by atoms with Crippen LogP contribution in [-0.4, -0.2) is 0 Å². The number of fused-ring (bicyclic) bond motifs is 1. The number of hydrogen-bond donors (Lipinski definition) is 0. The van der Waals surface area contributed by atoms with Crippen LogP contribution in [-0.2, 0) is 6.42 Å². The van der Waals surface area contributed by atoms with E-state index in [4.69, 9.17) is 23.2 Å². The van der Waals surface area contributed by atoms with E-state index in [1.807, 2.05) is 0 Å². The van der Waals surface area contributed by atoms with Crippen molar-refractivity contribution in [1.29, 1.82) is 0 Å². The van der Waals surface area contributed by atoms with Crippen LogP contribution in [0.2, 0.25) is 5.02 Å². The average molecular weight is 326 g/mol. The molecule has 0 radical (unpaired) electrons. The van der Waals surface area contributed by atoms with Crippen molar-refractivity contribution in [3.8, 4) is 0 Å². The van der Waals surface area contributed by atoms with Crippen molar-refractivity contribution in [2.24, 2.45) is 5.92 Å². The Labute approximate surface area is 113 Å². The third kappa shape index (κ3) is 2.25. The molecule has 16 heavy (non-hydrogen) atoms. The van der Waals surface area contributed by atoms with Crippen molar-refractivity contribution in [3.63, 3.8) is 0 Å². The molecule has 4 heteroatoms. The van der Waals surface area contributed by atoms with Crippen molar-refractivity contribution < 1.29 is 4.39 Å². The first-order chi connectivity index (χ1) is 7.50. The Morgan fingerprint density at radius 2 is 2.19 bits per heavy atom. The fourth-order valence-corrected chi connectivity index (χ4v) is 3.53. The normalized spacial score (nSPS) is 25.1. The van der Waals surface area contributed by atoms with Crippen LogP contribution in [0.4, 0.5) is 4.39 Å². The molecule has 1 aromatic carbocycles. The first-order valence-corrected chi connectivity index (χ1v) is 6.91. The van der Waals surface area contributed by atoms with E-state index in [0.29, 0.717) is 21.0 Å². The molecule has 0 fully saturated rings. The van der Waals surface area contributed by atoms with Crippen molar-refractivity contribution in [2.75, 3.05) is 0 Å². The molecule has 1 aliphatic carbocycles. The molecule has 0 heterocycles. The molecule has 1 aliphatic rings. The fourth-order valence-electron chi connectivity index (χ4n) is 2.21. The first kappa shape index (κ1) is 12.7. The zero-order valence-electron chi connectivity index (χ0n) is 8.87. The summed E-state index contributed by atoms with van der Waals surface area (Å²) in [4.78, 5) is 0. The molecule has 2 unspecified atom stereocenters. The van der Waals surface area contributed by atoms with Gasteiger partial charge in [-0.1, -0.05) is 18.5 Å². The van der Waals surface area contributed by atoms with Gasteiger partial charge in [0.15, 0.2) is 0 Å². The highest BCUT2D eigenvalue weighted by Crippen LogP contribution is 2.43. The lowest BCUT2D eigenvalue weighted by Gasteiger charge is -2.15. The maximum Gasteiger partial charge on any atom is 0.127 e. The first-order valence-electron chi connectivity index (χ1n) is 5.31. The van der Waals surface area contributed by atoms with Crippen LogP contribution in [0.3, 0.4) is 0 Å². The summed E-state index contributed by atoms with van der Waals surface area (Å²) in [5, 5.41) is 0.373. The zero-order chi connectivity index (χ0) is 11.9. The molecule has 0 saturated carbocycles. The van der Waals surface area contributed by atoms with Gasteiger partial charge in [0.05, 0.1) is 10.4 Å². The van der Waals surface area contributed by atoms with Crippen LogP contribution in [0.15, 0.2) is 10.5 Å². The van der Waals surface area contributed by atoms with Gasteiger partial charge >= 0.3 is 0 Å². The minimum Gasteiger partial charge on any atom is -0.207 e. The summed E-state index contributed by atoms with van der Waals surface area (Å²) in [6.07, 6.45) is 2.54. The SMILES string of the molecule is CC1CCc2c(F)cc(Br)c(Cl)c2C(Cl)C1. The standard InChI is InChI=1S/C12H12BrCl2F/c1-6-2-3-7-10(16)5-8(13)12(15)11(7)9(14)4-6/h5-6,9H,2-4H2,1H3. The summed E-state index contributed by atoms with van der Waals surface area (Å²) in [6.45, 7) is 2.14. The van der Waals surface area contributed by atoms with E-state index in [9.17, 15) is 4.39 Å². The number of benzene rings is 1. The van der Waals surface area contributed by atoms with Crippen molar-refractivity contribution in [2.45, 2.75) is 31.6 Å². The maximum absolute atomic E-state index is 13.8. The lowest BCUT2D eigenvalue weighted by atomic mass is 10.0. The zero-order valence-corrected chi connectivity index (χ0v) is 12.0. The molecule has 0 nitrogen and oxygen atoms in total. The molecule has 2 rings (SSSR count). The van der Waals surface area contributed by atoms with E-state index < -0.39 is 0 Å². The topological polar surface area (TPSA) is 0 Å². The molecule has 2 atom stereocenters. The number of alkyl halides is 1. The number of rotatable bonds is 0. The van der Waals surface area contributed by atoms with Crippen LogP contribution in [0.5, 0.6) is 0 Å². The third-order valence-corrected chi connectivity index (χ3v) is 4.78. The van der Waals surface area contributed by atoms with E-state index in [1.165, 1.54) is 6.07 Å². The predicted octanol–water partition coefficient (Wildman–Crippen LogP) is 5.49. The van der Waals surface area contributed by atoms with Crippen LogP contribution in [0, 0.1) is 11.7 Å². The molecule has 0 aliphatic heterocycles. The molecule has 0 saturated heterocycles. The molecule has 0 spiro atoms. The van der Waals surface area contributed by atoms with Gasteiger partial charge in [-0.15, -0.1) is 11.6 Å². The minimum atomic E-state index is -0.203. The van der Waals surface area contributed by atoms with Crippen LogP contribution in [0.1, 0.15) is 36.3 Å². The van der Waals surface area contributed by atoms with Crippen LogP contribution >= 0.6 is 39.1 Å². The van der Waals surface area contributed by atoms with Gasteiger partial charge in [-0.3, -0.25) is 0 Å².